The molecule has 1 aromatic rings. The average Bonchev–Trinajstić information content (AvgIpc) is 2.65. The standard InChI is InChI=1S/C13H18F3NO2/c14-13(15,16)9-19-6-5-17-7-10-3-1-2-4-12(18)11(10)8-17/h7-8,12,18H,1-6,9H2. The summed E-state index contributed by atoms with van der Waals surface area (Å²) in [5.74, 6) is 0. The van der Waals surface area contributed by atoms with Gasteiger partial charge >= 0.3 is 6.18 Å². The molecule has 0 saturated heterocycles. The minimum Gasteiger partial charge on any atom is -0.388 e. The Morgan fingerprint density at radius 3 is 2.84 bits per heavy atom. The highest BCUT2D eigenvalue weighted by atomic mass is 19.4. The van der Waals surface area contributed by atoms with Crippen LogP contribution in [-0.2, 0) is 17.7 Å². The summed E-state index contributed by atoms with van der Waals surface area (Å²) in [7, 11) is 0. The minimum absolute atomic E-state index is 0.0170. The fourth-order valence-corrected chi connectivity index (χ4v) is 2.38. The van der Waals surface area contributed by atoms with Crippen LogP contribution >= 0.6 is 0 Å². The van der Waals surface area contributed by atoms with Crippen LogP contribution in [0.4, 0.5) is 13.2 Å². The van der Waals surface area contributed by atoms with Crippen molar-refractivity contribution in [1.29, 1.82) is 0 Å². The van der Waals surface area contributed by atoms with Gasteiger partial charge in [-0.05, 0) is 24.8 Å². The molecule has 6 heteroatoms. The van der Waals surface area contributed by atoms with Crippen molar-refractivity contribution in [2.24, 2.45) is 0 Å². The number of ether oxygens (including phenoxy) is 1. The number of fused-ring (bicyclic) bond motifs is 1. The molecule has 1 aliphatic rings. The second kappa shape index (κ2) is 5.96. The topological polar surface area (TPSA) is 34.4 Å². The number of hydrogen-bond donors (Lipinski definition) is 1. The molecular weight excluding hydrogens is 259 g/mol. The van der Waals surface area contributed by atoms with Gasteiger partial charge in [0.2, 0.25) is 0 Å². The summed E-state index contributed by atoms with van der Waals surface area (Å²) in [5.41, 5.74) is 2.01. The van der Waals surface area contributed by atoms with Gasteiger partial charge in [-0.1, -0.05) is 6.42 Å². The number of hydrogen-bond acceptors (Lipinski definition) is 2. The highest BCUT2D eigenvalue weighted by Crippen LogP contribution is 2.29. The maximum absolute atomic E-state index is 11.9. The molecule has 1 unspecified atom stereocenters. The first kappa shape index (κ1) is 14.4. The van der Waals surface area contributed by atoms with Crippen LogP contribution in [0.5, 0.6) is 0 Å². The van der Waals surface area contributed by atoms with E-state index in [0.717, 1.165) is 36.8 Å². The van der Waals surface area contributed by atoms with Crippen molar-refractivity contribution in [1.82, 2.24) is 4.57 Å². The second-order valence-corrected chi connectivity index (χ2v) is 4.91. The van der Waals surface area contributed by atoms with Crippen LogP contribution in [0.2, 0.25) is 0 Å². The largest absolute Gasteiger partial charge is 0.411 e. The molecule has 1 aromatic heterocycles. The first-order chi connectivity index (χ1) is 8.96. The zero-order chi connectivity index (χ0) is 13.9. The van der Waals surface area contributed by atoms with Gasteiger partial charge < -0.3 is 14.4 Å². The lowest BCUT2D eigenvalue weighted by Gasteiger charge is -2.08. The van der Waals surface area contributed by atoms with Crippen molar-refractivity contribution in [3.05, 3.63) is 23.5 Å². The van der Waals surface area contributed by atoms with Crippen molar-refractivity contribution >= 4 is 0 Å². The Morgan fingerprint density at radius 2 is 2.11 bits per heavy atom. The molecule has 3 nitrogen and oxygen atoms in total. The molecule has 0 fully saturated rings. The fraction of sp³-hybridized carbons (Fsp3) is 0.692. The van der Waals surface area contributed by atoms with Gasteiger partial charge in [-0.15, -0.1) is 0 Å². The Balaban J connectivity index is 1.87. The van der Waals surface area contributed by atoms with E-state index < -0.39 is 18.9 Å². The highest BCUT2D eigenvalue weighted by molar-refractivity contribution is 5.27. The second-order valence-electron chi connectivity index (χ2n) is 4.91. The van der Waals surface area contributed by atoms with Crippen LogP contribution < -0.4 is 0 Å². The van der Waals surface area contributed by atoms with Gasteiger partial charge in [0.05, 0.1) is 12.7 Å². The van der Waals surface area contributed by atoms with Gasteiger partial charge in [0.25, 0.3) is 0 Å². The van der Waals surface area contributed by atoms with Crippen LogP contribution in [0, 0.1) is 0 Å². The summed E-state index contributed by atoms with van der Waals surface area (Å²) in [6.45, 7) is -0.824. The molecule has 1 atom stereocenters. The molecule has 19 heavy (non-hydrogen) atoms. The molecule has 2 rings (SSSR count). The third kappa shape index (κ3) is 4.24. The van der Waals surface area contributed by atoms with E-state index in [1.807, 2.05) is 12.4 Å². The van der Waals surface area contributed by atoms with E-state index in [1.54, 1.807) is 4.57 Å². The molecule has 0 bridgehead atoms. The van der Waals surface area contributed by atoms with Crippen LogP contribution in [0.3, 0.4) is 0 Å². The Kier molecular flexibility index (Phi) is 4.52. The third-order valence-electron chi connectivity index (χ3n) is 3.29. The summed E-state index contributed by atoms with van der Waals surface area (Å²) >= 11 is 0. The normalized spacial score (nSPS) is 20.1. The van der Waals surface area contributed by atoms with Crippen molar-refractivity contribution < 1.29 is 23.0 Å². The van der Waals surface area contributed by atoms with E-state index in [0.29, 0.717) is 6.54 Å². The summed E-state index contributed by atoms with van der Waals surface area (Å²) in [6, 6.07) is 0. The number of nitrogens with zero attached hydrogens (tertiary/aromatic N) is 1. The van der Waals surface area contributed by atoms with Crippen molar-refractivity contribution in [3.63, 3.8) is 0 Å². The van der Waals surface area contributed by atoms with E-state index in [-0.39, 0.29) is 6.61 Å². The zero-order valence-corrected chi connectivity index (χ0v) is 10.6. The molecule has 0 spiro atoms. The summed E-state index contributed by atoms with van der Waals surface area (Å²) in [5, 5.41) is 9.94. The van der Waals surface area contributed by atoms with Crippen molar-refractivity contribution in [2.75, 3.05) is 13.2 Å². The first-order valence-corrected chi connectivity index (χ1v) is 6.47. The van der Waals surface area contributed by atoms with Gasteiger partial charge in [0.1, 0.15) is 6.61 Å². The van der Waals surface area contributed by atoms with Gasteiger partial charge in [0, 0.05) is 24.5 Å². The molecule has 108 valence electrons. The third-order valence-corrected chi connectivity index (χ3v) is 3.29. The first-order valence-electron chi connectivity index (χ1n) is 6.47. The Hall–Kier alpha value is -1.01. The summed E-state index contributed by atoms with van der Waals surface area (Å²) in [4.78, 5) is 0. The number of aromatic nitrogens is 1. The van der Waals surface area contributed by atoms with Gasteiger partial charge in [-0.3, -0.25) is 0 Å². The summed E-state index contributed by atoms with van der Waals surface area (Å²) < 4.78 is 42.1. The molecule has 0 aliphatic heterocycles. The average molecular weight is 277 g/mol. The van der Waals surface area contributed by atoms with Crippen molar-refractivity contribution in [2.45, 2.75) is 44.5 Å². The highest BCUT2D eigenvalue weighted by Gasteiger charge is 2.27. The molecule has 1 heterocycles. The van der Waals surface area contributed by atoms with E-state index in [4.69, 9.17) is 0 Å². The van der Waals surface area contributed by atoms with E-state index in [9.17, 15) is 18.3 Å². The lowest BCUT2D eigenvalue weighted by Crippen LogP contribution is -2.18. The van der Waals surface area contributed by atoms with E-state index in [2.05, 4.69) is 4.74 Å². The monoisotopic (exact) mass is 277 g/mol. The van der Waals surface area contributed by atoms with Gasteiger partial charge in [-0.25, -0.2) is 0 Å². The Morgan fingerprint density at radius 1 is 1.32 bits per heavy atom. The number of aliphatic hydroxyl groups is 1. The number of halogens is 3. The lowest BCUT2D eigenvalue weighted by molar-refractivity contribution is -0.174. The maximum atomic E-state index is 11.9. The molecule has 0 amide bonds. The van der Waals surface area contributed by atoms with E-state index in [1.165, 1.54) is 0 Å². The van der Waals surface area contributed by atoms with E-state index >= 15 is 0 Å². The Bertz CT molecular complexity index is 415. The van der Waals surface area contributed by atoms with Crippen molar-refractivity contribution in [3.8, 4) is 0 Å². The number of aliphatic hydroxyl groups excluding tert-OH is 1. The molecular formula is C13H18F3NO2. The predicted octanol–water partition coefficient (Wildman–Crippen LogP) is 2.83. The predicted molar refractivity (Wildman–Crippen MR) is 63.8 cm³/mol. The fourth-order valence-electron chi connectivity index (χ4n) is 2.38. The molecule has 0 aromatic carbocycles. The molecule has 0 radical (unpaired) electrons. The SMILES string of the molecule is OC1CCCCc2cn(CCOCC(F)(F)F)cc21. The molecule has 0 saturated carbocycles. The van der Waals surface area contributed by atoms with Crippen LogP contribution in [0.25, 0.3) is 0 Å². The molecule has 1 aliphatic carbocycles. The van der Waals surface area contributed by atoms with Gasteiger partial charge in [0.15, 0.2) is 0 Å². The minimum atomic E-state index is -4.27. The summed E-state index contributed by atoms with van der Waals surface area (Å²) in [6.07, 6.45) is 2.72. The van der Waals surface area contributed by atoms with Crippen LogP contribution in [0.1, 0.15) is 36.5 Å². The van der Waals surface area contributed by atoms with Crippen LogP contribution in [-0.4, -0.2) is 29.1 Å². The Labute approximate surface area is 110 Å². The molecule has 1 N–H and O–H groups in total. The van der Waals surface area contributed by atoms with Crippen LogP contribution in [0.15, 0.2) is 12.4 Å². The number of alkyl halides is 3. The lowest BCUT2D eigenvalue weighted by atomic mass is 10.1. The number of aryl methyl sites for hydroxylation is 1. The quantitative estimate of drug-likeness (QED) is 0.678. The maximum Gasteiger partial charge on any atom is 0.411 e. The van der Waals surface area contributed by atoms with Gasteiger partial charge in [-0.2, -0.15) is 13.2 Å². The number of rotatable bonds is 4. The smallest absolute Gasteiger partial charge is 0.388 e. The zero-order valence-electron chi connectivity index (χ0n) is 10.6.